The van der Waals surface area contributed by atoms with Crippen molar-refractivity contribution in [3.8, 4) is 5.75 Å². The van der Waals surface area contributed by atoms with Gasteiger partial charge in [-0.1, -0.05) is 37.0 Å². The minimum Gasteiger partial charge on any atom is -0.466 e. The predicted molar refractivity (Wildman–Crippen MR) is 90.1 cm³/mol. The fourth-order valence-electron chi connectivity index (χ4n) is 3.26. The number of nitrogens with one attached hydrogen (secondary N) is 1. The fraction of sp³-hybridized carbons (Fsp3) is 0.533. The molecule has 0 amide bonds. The molecule has 0 saturated carbocycles. The van der Waals surface area contributed by atoms with Crippen molar-refractivity contribution >= 4 is 40.5 Å². The normalized spacial score (nSPS) is 30.5. The van der Waals surface area contributed by atoms with Gasteiger partial charge in [0.25, 0.3) is 0 Å². The standard InChI is InChI=1S/C15H18Cl2N2OS/c1-4-5-19-14(21)18-12-8(2)15(19,3)20-13-10(12)6-9(16)7-11(13)17/h6-8,12H,4-5H2,1-3H3,(H,18,21). The van der Waals surface area contributed by atoms with Crippen LogP contribution in [0.1, 0.15) is 38.8 Å². The number of ether oxygens (including phenoxy) is 1. The van der Waals surface area contributed by atoms with Crippen LogP contribution < -0.4 is 10.1 Å². The van der Waals surface area contributed by atoms with E-state index in [-0.39, 0.29) is 12.0 Å². The van der Waals surface area contributed by atoms with E-state index in [0.29, 0.717) is 15.8 Å². The highest BCUT2D eigenvalue weighted by Gasteiger charge is 2.53. The molecule has 6 heteroatoms. The second-order valence-corrected chi connectivity index (χ2v) is 7.06. The van der Waals surface area contributed by atoms with Crippen molar-refractivity contribution in [3.05, 3.63) is 27.7 Å². The summed E-state index contributed by atoms with van der Waals surface area (Å²) in [6, 6.07) is 3.70. The molecule has 0 spiro atoms. The first kappa shape index (κ1) is 15.2. The number of halogens is 2. The average Bonchev–Trinajstić information content (AvgIpc) is 2.41. The first-order valence-corrected chi connectivity index (χ1v) is 8.31. The summed E-state index contributed by atoms with van der Waals surface area (Å²) in [4.78, 5) is 2.12. The second kappa shape index (κ2) is 5.18. The lowest BCUT2D eigenvalue weighted by atomic mass is 9.81. The molecule has 2 heterocycles. The van der Waals surface area contributed by atoms with Gasteiger partial charge in [0.15, 0.2) is 10.8 Å². The third-order valence-corrected chi connectivity index (χ3v) is 5.37. The molecule has 2 aliphatic rings. The van der Waals surface area contributed by atoms with E-state index in [9.17, 15) is 0 Å². The Labute approximate surface area is 140 Å². The SMILES string of the molecule is CCCN1C(=S)NC2c3cc(Cl)cc(Cl)c3OC1(C)C2C. The zero-order chi connectivity index (χ0) is 15.4. The summed E-state index contributed by atoms with van der Waals surface area (Å²) < 4.78 is 6.33. The molecule has 1 aromatic rings. The van der Waals surface area contributed by atoms with Crippen molar-refractivity contribution < 1.29 is 4.74 Å². The molecule has 1 saturated heterocycles. The maximum atomic E-state index is 6.34. The lowest BCUT2D eigenvalue weighted by Crippen LogP contribution is -2.69. The van der Waals surface area contributed by atoms with Crippen molar-refractivity contribution in [1.82, 2.24) is 10.2 Å². The van der Waals surface area contributed by atoms with Crippen LogP contribution >= 0.6 is 35.4 Å². The molecule has 2 aliphatic heterocycles. The van der Waals surface area contributed by atoms with Gasteiger partial charge in [-0.25, -0.2) is 0 Å². The number of hydrogen-bond donors (Lipinski definition) is 1. The van der Waals surface area contributed by atoms with E-state index in [1.807, 2.05) is 6.07 Å². The number of nitrogens with zero attached hydrogens (tertiary/aromatic N) is 1. The van der Waals surface area contributed by atoms with E-state index in [1.165, 1.54) is 0 Å². The van der Waals surface area contributed by atoms with Crippen LogP contribution in [0.25, 0.3) is 0 Å². The summed E-state index contributed by atoms with van der Waals surface area (Å²) in [5.74, 6) is 0.931. The summed E-state index contributed by atoms with van der Waals surface area (Å²) >= 11 is 18.0. The van der Waals surface area contributed by atoms with E-state index in [1.54, 1.807) is 6.07 Å². The first-order chi connectivity index (χ1) is 9.88. The summed E-state index contributed by atoms with van der Waals surface area (Å²) in [5, 5.41) is 5.32. The van der Waals surface area contributed by atoms with Gasteiger partial charge < -0.3 is 15.0 Å². The first-order valence-electron chi connectivity index (χ1n) is 7.14. The van der Waals surface area contributed by atoms with Crippen molar-refractivity contribution in [3.63, 3.8) is 0 Å². The third-order valence-electron chi connectivity index (χ3n) is 4.53. The molecule has 3 unspecified atom stereocenters. The van der Waals surface area contributed by atoms with Crippen molar-refractivity contribution in [2.75, 3.05) is 6.54 Å². The maximum absolute atomic E-state index is 6.34. The predicted octanol–water partition coefficient (Wildman–Crippen LogP) is 4.38. The summed E-state index contributed by atoms with van der Waals surface area (Å²) in [6.07, 6.45) is 0.999. The number of benzene rings is 1. The van der Waals surface area contributed by atoms with Gasteiger partial charge in [-0.05, 0) is 37.7 Å². The van der Waals surface area contributed by atoms with E-state index in [0.717, 1.165) is 23.6 Å². The molecule has 2 bridgehead atoms. The third kappa shape index (κ3) is 2.19. The van der Waals surface area contributed by atoms with Gasteiger partial charge in [-0.2, -0.15) is 0 Å². The highest BCUT2D eigenvalue weighted by molar-refractivity contribution is 7.80. The Morgan fingerprint density at radius 3 is 2.81 bits per heavy atom. The van der Waals surface area contributed by atoms with Gasteiger partial charge in [0.1, 0.15) is 5.75 Å². The Morgan fingerprint density at radius 2 is 2.14 bits per heavy atom. The minimum atomic E-state index is -0.493. The molecule has 1 fully saturated rings. The lowest BCUT2D eigenvalue weighted by molar-refractivity contribution is -0.110. The average molecular weight is 345 g/mol. The quantitative estimate of drug-likeness (QED) is 0.804. The zero-order valence-electron chi connectivity index (χ0n) is 12.2. The van der Waals surface area contributed by atoms with Crippen molar-refractivity contribution in [2.45, 2.75) is 39.0 Å². The highest BCUT2D eigenvalue weighted by atomic mass is 35.5. The molecule has 0 radical (unpaired) electrons. The van der Waals surface area contributed by atoms with Gasteiger partial charge in [0.05, 0.1) is 11.1 Å². The van der Waals surface area contributed by atoms with Crippen LogP contribution in [0.2, 0.25) is 10.0 Å². The van der Waals surface area contributed by atoms with E-state index in [2.05, 4.69) is 31.0 Å². The highest BCUT2D eigenvalue weighted by Crippen LogP contribution is 2.50. The zero-order valence-corrected chi connectivity index (χ0v) is 14.6. The van der Waals surface area contributed by atoms with Gasteiger partial charge in [0.2, 0.25) is 0 Å². The van der Waals surface area contributed by atoms with Gasteiger partial charge in [-0.15, -0.1) is 0 Å². The molecule has 1 aromatic carbocycles. The summed E-state index contributed by atoms with van der Waals surface area (Å²) in [6.45, 7) is 7.23. The largest absolute Gasteiger partial charge is 0.466 e. The van der Waals surface area contributed by atoms with Crippen molar-refractivity contribution in [1.29, 1.82) is 0 Å². The van der Waals surface area contributed by atoms with Gasteiger partial charge in [0, 0.05) is 23.0 Å². The number of hydrogen-bond acceptors (Lipinski definition) is 2. The van der Waals surface area contributed by atoms with Crippen LogP contribution in [-0.4, -0.2) is 22.3 Å². The van der Waals surface area contributed by atoms with Crippen LogP contribution in [0.5, 0.6) is 5.75 Å². The number of fused-ring (bicyclic) bond motifs is 4. The maximum Gasteiger partial charge on any atom is 0.186 e. The molecule has 1 N–H and O–H groups in total. The Kier molecular flexibility index (Phi) is 3.75. The van der Waals surface area contributed by atoms with Crippen molar-refractivity contribution in [2.24, 2.45) is 5.92 Å². The van der Waals surface area contributed by atoms with Crippen LogP contribution in [-0.2, 0) is 0 Å². The Hall–Kier alpha value is -0.710. The molecule has 21 heavy (non-hydrogen) atoms. The molecule has 114 valence electrons. The van der Waals surface area contributed by atoms with Gasteiger partial charge in [-0.3, -0.25) is 0 Å². The second-order valence-electron chi connectivity index (χ2n) is 5.83. The molecule has 0 aromatic heterocycles. The Balaban J connectivity index is 2.14. The fourth-order valence-corrected chi connectivity index (χ4v) is 4.21. The smallest absolute Gasteiger partial charge is 0.186 e. The molecular formula is C15H18Cl2N2OS. The number of rotatable bonds is 2. The van der Waals surface area contributed by atoms with Crippen LogP contribution in [0, 0.1) is 5.92 Å². The molecule has 3 rings (SSSR count). The molecule has 0 aliphatic carbocycles. The van der Waals surface area contributed by atoms with E-state index >= 15 is 0 Å². The topological polar surface area (TPSA) is 24.5 Å². The molecular weight excluding hydrogens is 327 g/mol. The monoisotopic (exact) mass is 344 g/mol. The van der Waals surface area contributed by atoms with E-state index in [4.69, 9.17) is 40.2 Å². The van der Waals surface area contributed by atoms with Gasteiger partial charge >= 0.3 is 0 Å². The van der Waals surface area contributed by atoms with Crippen LogP contribution in [0.15, 0.2) is 12.1 Å². The summed E-state index contributed by atoms with van der Waals surface area (Å²) in [7, 11) is 0. The molecule has 3 atom stereocenters. The Morgan fingerprint density at radius 1 is 1.43 bits per heavy atom. The number of thiocarbonyl (C=S) groups is 1. The Bertz CT molecular complexity index is 610. The summed E-state index contributed by atoms with van der Waals surface area (Å²) in [5.41, 5.74) is 0.490. The lowest BCUT2D eigenvalue weighted by Gasteiger charge is -2.56. The van der Waals surface area contributed by atoms with Crippen LogP contribution in [0.3, 0.4) is 0 Å². The van der Waals surface area contributed by atoms with Crippen LogP contribution in [0.4, 0.5) is 0 Å². The molecule has 3 nitrogen and oxygen atoms in total. The minimum absolute atomic E-state index is 0.0653. The van der Waals surface area contributed by atoms with E-state index < -0.39 is 5.72 Å².